The topological polar surface area (TPSA) is 85.8 Å². The van der Waals surface area contributed by atoms with Gasteiger partial charge in [0.1, 0.15) is 22.9 Å². The molecular formula is C29H38N4O4. The van der Waals surface area contributed by atoms with E-state index in [0.717, 1.165) is 41.9 Å². The number of aromatic nitrogens is 2. The van der Waals surface area contributed by atoms with Gasteiger partial charge in [-0.3, -0.25) is 0 Å². The SMILES string of the molecule is CCC[C@@H](CC)Nc1nc(N(Cc2ccc(OC)cc2)Cc2ccc(OC)cc2)nc(C)c1C(=O)OC. The number of nitrogens with one attached hydrogen (secondary N) is 1. The zero-order valence-electron chi connectivity index (χ0n) is 22.7. The maximum absolute atomic E-state index is 12.7. The minimum Gasteiger partial charge on any atom is -0.497 e. The van der Waals surface area contributed by atoms with Gasteiger partial charge in [-0.1, -0.05) is 44.5 Å². The van der Waals surface area contributed by atoms with Gasteiger partial charge < -0.3 is 24.4 Å². The third-order valence-electron chi connectivity index (χ3n) is 6.29. The van der Waals surface area contributed by atoms with Crippen molar-refractivity contribution in [2.75, 3.05) is 31.5 Å². The summed E-state index contributed by atoms with van der Waals surface area (Å²) < 4.78 is 15.7. The van der Waals surface area contributed by atoms with Crippen LogP contribution in [0.5, 0.6) is 11.5 Å². The zero-order valence-corrected chi connectivity index (χ0v) is 22.7. The third kappa shape index (κ3) is 7.35. The van der Waals surface area contributed by atoms with Crippen molar-refractivity contribution in [1.82, 2.24) is 9.97 Å². The number of hydrogen-bond donors (Lipinski definition) is 1. The lowest BCUT2D eigenvalue weighted by atomic mass is 10.1. The number of hydrogen-bond acceptors (Lipinski definition) is 8. The predicted molar refractivity (Wildman–Crippen MR) is 147 cm³/mol. The molecule has 1 aromatic heterocycles. The molecule has 0 saturated carbocycles. The zero-order chi connectivity index (χ0) is 26.8. The largest absolute Gasteiger partial charge is 0.497 e. The Morgan fingerprint density at radius 1 is 0.892 bits per heavy atom. The van der Waals surface area contributed by atoms with Gasteiger partial charge in [-0.25, -0.2) is 9.78 Å². The first-order valence-corrected chi connectivity index (χ1v) is 12.7. The van der Waals surface area contributed by atoms with E-state index in [2.05, 4.69) is 24.1 Å². The Bertz CT molecular complexity index is 1100. The number of methoxy groups -OCH3 is 3. The molecule has 0 bridgehead atoms. The molecular weight excluding hydrogens is 468 g/mol. The maximum Gasteiger partial charge on any atom is 0.343 e. The quantitative estimate of drug-likeness (QED) is 0.292. The van der Waals surface area contributed by atoms with Gasteiger partial charge in [-0.15, -0.1) is 0 Å². The van der Waals surface area contributed by atoms with Crippen molar-refractivity contribution in [1.29, 1.82) is 0 Å². The summed E-state index contributed by atoms with van der Waals surface area (Å²) in [5.74, 6) is 2.19. The first-order chi connectivity index (χ1) is 17.9. The lowest BCUT2D eigenvalue weighted by molar-refractivity contribution is 0.0600. The van der Waals surface area contributed by atoms with Gasteiger partial charge in [0.2, 0.25) is 5.95 Å². The number of anilines is 2. The molecule has 37 heavy (non-hydrogen) atoms. The summed E-state index contributed by atoms with van der Waals surface area (Å²) in [6.07, 6.45) is 2.90. The first-order valence-electron chi connectivity index (χ1n) is 12.7. The van der Waals surface area contributed by atoms with Crippen LogP contribution in [-0.2, 0) is 17.8 Å². The molecule has 1 N–H and O–H groups in total. The average molecular weight is 507 g/mol. The number of carbonyl (C=O) groups is 1. The molecule has 1 heterocycles. The van der Waals surface area contributed by atoms with Crippen LogP contribution >= 0.6 is 0 Å². The van der Waals surface area contributed by atoms with Gasteiger partial charge in [0.15, 0.2) is 0 Å². The van der Waals surface area contributed by atoms with Crippen molar-refractivity contribution in [3.05, 3.63) is 70.9 Å². The molecule has 3 rings (SSSR count). The average Bonchev–Trinajstić information content (AvgIpc) is 2.92. The summed E-state index contributed by atoms with van der Waals surface area (Å²) in [5, 5.41) is 3.50. The van der Waals surface area contributed by atoms with Crippen molar-refractivity contribution in [3.63, 3.8) is 0 Å². The van der Waals surface area contributed by atoms with Crippen LogP contribution in [0.2, 0.25) is 0 Å². The minimum absolute atomic E-state index is 0.187. The summed E-state index contributed by atoms with van der Waals surface area (Å²) in [4.78, 5) is 24.4. The van der Waals surface area contributed by atoms with Crippen molar-refractivity contribution in [2.24, 2.45) is 0 Å². The number of esters is 1. The normalized spacial score (nSPS) is 11.5. The van der Waals surface area contributed by atoms with Crippen molar-refractivity contribution in [2.45, 2.75) is 59.2 Å². The van der Waals surface area contributed by atoms with Gasteiger partial charge in [0, 0.05) is 19.1 Å². The van der Waals surface area contributed by atoms with E-state index in [1.165, 1.54) is 7.11 Å². The summed E-state index contributed by atoms with van der Waals surface area (Å²) in [6.45, 7) is 7.23. The first kappa shape index (κ1) is 27.8. The molecule has 0 aliphatic heterocycles. The predicted octanol–water partition coefficient (Wildman–Crippen LogP) is 5.79. The highest BCUT2D eigenvalue weighted by Crippen LogP contribution is 2.26. The Morgan fingerprint density at radius 2 is 1.43 bits per heavy atom. The van der Waals surface area contributed by atoms with Gasteiger partial charge in [0.05, 0.1) is 27.0 Å². The fourth-order valence-corrected chi connectivity index (χ4v) is 4.17. The fourth-order valence-electron chi connectivity index (χ4n) is 4.17. The highest BCUT2D eigenvalue weighted by Gasteiger charge is 2.23. The van der Waals surface area contributed by atoms with Gasteiger partial charge in [-0.2, -0.15) is 4.98 Å². The summed E-state index contributed by atoms with van der Waals surface area (Å²) in [7, 11) is 4.69. The summed E-state index contributed by atoms with van der Waals surface area (Å²) >= 11 is 0. The molecule has 0 aliphatic carbocycles. The number of benzene rings is 2. The molecule has 0 spiro atoms. The smallest absolute Gasteiger partial charge is 0.343 e. The molecule has 0 radical (unpaired) electrons. The van der Waals surface area contributed by atoms with E-state index in [0.29, 0.717) is 36.1 Å². The fraction of sp³-hybridized carbons (Fsp3) is 0.414. The molecule has 1 atom stereocenters. The van der Waals surface area contributed by atoms with Crippen LogP contribution in [0.4, 0.5) is 11.8 Å². The lowest BCUT2D eigenvalue weighted by Crippen LogP contribution is -2.27. The van der Waals surface area contributed by atoms with Crippen LogP contribution in [0.3, 0.4) is 0 Å². The number of aryl methyl sites for hydroxylation is 1. The van der Waals surface area contributed by atoms with Gasteiger partial charge >= 0.3 is 5.97 Å². The molecule has 0 unspecified atom stereocenters. The molecule has 0 saturated heterocycles. The molecule has 8 heteroatoms. The lowest BCUT2D eigenvalue weighted by Gasteiger charge is -2.26. The van der Waals surface area contributed by atoms with E-state index < -0.39 is 5.97 Å². The number of rotatable bonds is 13. The Balaban J connectivity index is 2.05. The van der Waals surface area contributed by atoms with E-state index >= 15 is 0 Å². The van der Waals surface area contributed by atoms with Crippen molar-refractivity contribution >= 4 is 17.7 Å². The number of ether oxygens (including phenoxy) is 3. The Hall–Kier alpha value is -3.81. The van der Waals surface area contributed by atoms with Crippen molar-refractivity contribution in [3.8, 4) is 11.5 Å². The minimum atomic E-state index is -0.449. The molecule has 8 nitrogen and oxygen atoms in total. The van der Waals surface area contributed by atoms with E-state index in [1.807, 2.05) is 55.5 Å². The van der Waals surface area contributed by atoms with Crippen LogP contribution < -0.4 is 19.7 Å². The van der Waals surface area contributed by atoms with E-state index in [9.17, 15) is 4.79 Å². The molecule has 0 amide bonds. The Kier molecular flexibility index (Phi) is 10.1. The highest BCUT2D eigenvalue weighted by molar-refractivity contribution is 5.96. The van der Waals surface area contributed by atoms with Gasteiger partial charge in [-0.05, 0) is 55.2 Å². The Morgan fingerprint density at radius 3 is 1.86 bits per heavy atom. The second kappa shape index (κ2) is 13.5. The van der Waals surface area contributed by atoms with Crippen molar-refractivity contribution < 1.29 is 19.0 Å². The van der Waals surface area contributed by atoms with Crippen LogP contribution in [0.15, 0.2) is 48.5 Å². The molecule has 2 aromatic carbocycles. The van der Waals surface area contributed by atoms with Crippen LogP contribution in [0.25, 0.3) is 0 Å². The third-order valence-corrected chi connectivity index (χ3v) is 6.29. The van der Waals surface area contributed by atoms with Crippen LogP contribution in [0, 0.1) is 6.92 Å². The molecule has 0 aliphatic rings. The molecule has 0 fully saturated rings. The monoisotopic (exact) mass is 506 g/mol. The maximum atomic E-state index is 12.7. The molecule has 198 valence electrons. The van der Waals surface area contributed by atoms with Crippen LogP contribution in [-0.4, -0.2) is 43.3 Å². The summed E-state index contributed by atoms with van der Waals surface area (Å²) in [6, 6.07) is 16.1. The summed E-state index contributed by atoms with van der Waals surface area (Å²) in [5.41, 5.74) is 3.11. The van der Waals surface area contributed by atoms with E-state index in [1.54, 1.807) is 14.2 Å². The Labute approximate surface area is 220 Å². The highest BCUT2D eigenvalue weighted by atomic mass is 16.5. The van der Waals surface area contributed by atoms with E-state index in [-0.39, 0.29) is 6.04 Å². The number of carbonyl (C=O) groups excluding carboxylic acids is 1. The van der Waals surface area contributed by atoms with Gasteiger partial charge in [0.25, 0.3) is 0 Å². The van der Waals surface area contributed by atoms with Crippen LogP contribution in [0.1, 0.15) is 60.3 Å². The van der Waals surface area contributed by atoms with E-state index in [4.69, 9.17) is 24.2 Å². The second-order valence-corrected chi connectivity index (χ2v) is 8.91. The standard InChI is InChI=1S/C29H38N4O4/c1-7-9-23(8-2)31-27-26(28(34)37-6)20(3)30-29(32-27)33(18-21-10-14-24(35-4)15-11-21)19-22-12-16-25(36-5)17-13-22/h10-17,23H,7-9,18-19H2,1-6H3,(H,30,31,32)/t23-/m1/s1. The molecule has 3 aromatic rings. The number of nitrogens with zero attached hydrogens (tertiary/aromatic N) is 3. The second-order valence-electron chi connectivity index (χ2n) is 8.91.